The number of hydrogen-bond acceptors (Lipinski definition) is 3. The molecule has 0 radical (unpaired) electrons. The van der Waals surface area contributed by atoms with Gasteiger partial charge in [-0.05, 0) is 31.4 Å². The number of amides is 1. The Bertz CT molecular complexity index is 466. The van der Waals surface area contributed by atoms with Crippen LogP contribution < -0.4 is 10.1 Å². The molecule has 0 aliphatic rings. The molecule has 2 N–H and O–H groups in total. The summed E-state index contributed by atoms with van der Waals surface area (Å²) in [5, 5.41) is 11.0. The largest absolute Gasteiger partial charge is 0.493 e. The van der Waals surface area contributed by atoms with Crippen molar-refractivity contribution < 1.29 is 23.4 Å². The van der Waals surface area contributed by atoms with E-state index in [-0.39, 0.29) is 31.4 Å². The fourth-order valence-corrected chi connectivity index (χ4v) is 1.83. The van der Waals surface area contributed by atoms with Gasteiger partial charge in [0.05, 0.1) is 12.2 Å². The van der Waals surface area contributed by atoms with Gasteiger partial charge in [0.1, 0.15) is 5.75 Å². The zero-order valence-corrected chi connectivity index (χ0v) is 12.2. The lowest BCUT2D eigenvalue weighted by molar-refractivity contribution is -0.147. The molecule has 0 spiro atoms. The monoisotopic (exact) mass is 301 g/mol. The van der Waals surface area contributed by atoms with Crippen LogP contribution >= 0.6 is 0 Å². The summed E-state index contributed by atoms with van der Waals surface area (Å²) in [6.07, 6.45) is 0.446. The van der Waals surface area contributed by atoms with E-state index in [0.29, 0.717) is 6.42 Å². The summed E-state index contributed by atoms with van der Waals surface area (Å²) >= 11 is 0. The Morgan fingerprint density at radius 2 is 2.10 bits per heavy atom. The molecule has 1 rings (SSSR count). The number of nitrogens with one attached hydrogen (secondary N) is 1. The van der Waals surface area contributed by atoms with E-state index in [0.717, 1.165) is 0 Å². The summed E-state index contributed by atoms with van der Waals surface area (Å²) < 4.78 is 33.6. The lowest BCUT2D eigenvalue weighted by atomic mass is 10.1. The number of aliphatic hydroxyl groups excluding tert-OH is 1. The summed E-state index contributed by atoms with van der Waals surface area (Å²) in [5.74, 6) is -5.09. The average Bonchev–Trinajstić information content (AvgIpc) is 2.45. The predicted octanol–water partition coefficient (Wildman–Crippen LogP) is 2.31. The van der Waals surface area contributed by atoms with E-state index >= 15 is 0 Å². The van der Waals surface area contributed by atoms with Crippen molar-refractivity contribution in [1.29, 1.82) is 0 Å². The molecule has 0 aliphatic heterocycles. The topological polar surface area (TPSA) is 58.6 Å². The Morgan fingerprint density at radius 1 is 1.43 bits per heavy atom. The van der Waals surface area contributed by atoms with Crippen molar-refractivity contribution in [1.82, 2.24) is 5.32 Å². The van der Waals surface area contributed by atoms with Crippen molar-refractivity contribution >= 4 is 5.91 Å². The van der Waals surface area contributed by atoms with Crippen LogP contribution in [0.3, 0.4) is 0 Å². The van der Waals surface area contributed by atoms with Gasteiger partial charge in [-0.2, -0.15) is 8.78 Å². The van der Waals surface area contributed by atoms with Gasteiger partial charge < -0.3 is 15.2 Å². The normalized spacial score (nSPS) is 12.8. The van der Waals surface area contributed by atoms with Crippen LogP contribution in [0.15, 0.2) is 24.3 Å². The van der Waals surface area contributed by atoms with Crippen molar-refractivity contribution in [2.45, 2.75) is 26.2 Å². The van der Waals surface area contributed by atoms with Crippen LogP contribution in [0.2, 0.25) is 0 Å². The number of alkyl halides is 2. The molecule has 0 aliphatic carbocycles. The van der Waals surface area contributed by atoms with Gasteiger partial charge in [0.25, 0.3) is 5.91 Å². The maximum absolute atomic E-state index is 14.2. The molecular formula is C15H21F2NO3. The van der Waals surface area contributed by atoms with Gasteiger partial charge >= 0.3 is 5.92 Å². The van der Waals surface area contributed by atoms with Gasteiger partial charge in [0.15, 0.2) is 0 Å². The number of benzene rings is 1. The highest BCUT2D eigenvalue weighted by atomic mass is 19.3. The lowest BCUT2D eigenvalue weighted by Gasteiger charge is -2.20. The molecule has 1 aromatic carbocycles. The SMILES string of the molecule is CCOc1ccccc1C(F)(F)C(=O)NCC(C)CCO. The van der Waals surface area contributed by atoms with Crippen LogP contribution in [0, 0.1) is 5.92 Å². The standard InChI is InChI=1S/C15H21F2NO3/c1-3-21-13-7-5-4-6-12(13)15(16,17)14(20)18-10-11(2)8-9-19/h4-7,11,19H,3,8-10H2,1-2H3,(H,18,20). The van der Waals surface area contributed by atoms with Crippen LogP contribution in [0.1, 0.15) is 25.8 Å². The molecule has 0 saturated carbocycles. The second kappa shape index (κ2) is 7.93. The molecule has 0 heterocycles. The van der Waals surface area contributed by atoms with E-state index in [1.165, 1.54) is 18.2 Å². The predicted molar refractivity (Wildman–Crippen MR) is 75.4 cm³/mol. The molecule has 118 valence electrons. The van der Waals surface area contributed by atoms with Gasteiger partial charge in [-0.1, -0.05) is 19.1 Å². The van der Waals surface area contributed by atoms with Gasteiger partial charge in [-0.3, -0.25) is 4.79 Å². The fourth-order valence-electron chi connectivity index (χ4n) is 1.83. The molecule has 1 aromatic rings. The molecular weight excluding hydrogens is 280 g/mol. The van der Waals surface area contributed by atoms with Crippen LogP contribution in [-0.4, -0.2) is 30.8 Å². The highest BCUT2D eigenvalue weighted by Gasteiger charge is 2.43. The third-order valence-electron chi connectivity index (χ3n) is 3.04. The number of carbonyl (C=O) groups is 1. The smallest absolute Gasteiger partial charge is 0.353 e. The molecule has 4 nitrogen and oxygen atoms in total. The number of hydrogen-bond donors (Lipinski definition) is 2. The zero-order chi connectivity index (χ0) is 15.9. The molecule has 0 saturated heterocycles. The van der Waals surface area contributed by atoms with E-state index in [1.807, 2.05) is 0 Å². The number of ether oxygens (including phenoxy) is 1. The summed E-state index contributed by atoms with van der Waals surface area (Å²) in [4.78, 5) is 11.8. The molecule has 1 amide bonds. The molecule has 21 heavy (non-hydrogen) atoms. The van der Waals surface area contributed by atoms with E-state index in [2.05, 4.69) is 5.32 Å². The number of aliphatic hydroxyl groups is 1. The van der Waals surface area contributed by atoms with Crippen LogP contribution in [-0.2, 0) is 10.7 Å². The second-order valence-corrected chi connectivity index (χ2v) is 4.83. The van der Waals surface area contributed by atoms with Gasteiger partial charge in [-0.25, -0.2) is 0 Å². The second-order valence-electron chi connectivity index (χ2n) is 4.83. The quantitative estimate of drug-likeness (QED) is 0.774. The third-order valence-corrected chi connectivity index (χ3v) is 3.04. The van der Waals surface area contributed by atoms with Crippen molar-refractivity contribution in [3.63, 3.8) is 0 Å². The first-order chi connectivity index (χ1) is 9.93. The molecule has 0 aromatic heterocycles. The minimum absolute atomic E-state index is 0.00329. The summed E-state index contributed by atoms with van der Waals surface area (Å²) in [5.41, 5.74) is -0.445. The van der Waals surface area contributed by atoms with Crippen LogP contribution in [0.5, 0.6) is 5.75 Å². The van der Waals surface area contributed by atoms with E-state index in [1.54, 1.807) is 19.9 Å². The van der Waals surface area contributed by atoms with Crippen LogP contribution in [0.25, 0.3) is 0 Å². The lowest BCUT2D eigenvalue weighted by Crippen LogP contribution is -2.40. The zero-order valence-electron chi connectivity index (χ0n) is 12.2. The summed E-state index contributed by atoms with van der Waals surface area (Å²) in [6.45, 7) is 3.74. The van der Waals surface area contributed by atoms with E-state index in [9.17, 15) is 13.6 Å². The molecule has 0 fully saturated rings. The molecule has 1 atom stereocenters. The van der Waals surface area contributed by atoms with E-state index in [4.69, 9.17) is 9.84 Å². The van der Waals surface area contributed by atoms with Gasteiger partial charge in [0.2, 0.25) is 0 Å². The maximum atomic E-state index is 14.2. The molecule has 0 bridgehead atoms. The Labute approximate surface area is 123 Å². The number of rotatable bonds is 8. The number of para-hydroxylation sites is 1. The minimum Gasteiger partial charge on any atom is -0.493 e. The fraction of sp³-hybridized carbons (Fsp3) is 0.533. The van der Waals surface area contributed by atoms with Crippen molar-refractivity contribution in [2.24, 2.45) is 5.92 Å². The highest BCUT2D eigenvalue weighted by Crippen LogP contribution is 2.35. The van der Waals surface area contributed by atoms with E-state index < -0.39 is 17.4 Å². The first kappa shape index (κ1) is 17.4. The summed E-state index contributed by atoms with van der Waals surface area (Å²) in [6, 6.07) is 5.61. The van der Waals surface area contributed by atoms with Gasteiger partial charge in [0, 0.05) is 13.2 Å². The van der Waals surface area contributed by atoms with Crippen LogP contribution in [0.4, 0.5) is 8.78 Å². The third kappa shape index (κ3) is 4.67. The highest BCUT2D eigenvalue weighted by molar-refractivity contribution is 5.85. The van der Waals surface area contributed by atoms with Crippen molar-refractivity contribution in [3.05, 3.63) is 29.8 Å². The Morgan fingerprint density at radius 3 is 2.71 bits per heavy atom. The molecule has 6 heteroatoms. The van der Waals surface area contributed by atoms with Crippen molar-refractivity contribution in [3.8, 4) is 5.75 Å². The first-order valence-electron chi connectivity index (χ1n) is 6.92. The minimum atomic E-state index is -3.66. The average molecular weight is 301 g/mol. The molecule has 1 unspecified atom stereocenters. The Balaban J connectivity index is 2.82. The van der Waals surface area contributed by atoms with Crippen molar-refractivity contribution in [2.75, 3.05) is 19.8 Å². The number of carbonyl (C=O) groups excluding carboxylic acids is 1. The Hall–Kier alpha value is -1.69. The first-order valence-corrected chi connectivity index (χ1v) is 6.92. The Kier molecular flexibility index (Phi) is 6.55. The number of halogens is 2. The maximum Gasteiger partial charge on any atom is 0.353 e. The summed E-state index contributed by atoms with van der Waals surface area (Å²) in [7, 11) is 0. The van der Waals surface area contributed by atoms with Gasteiger partial charge in [-0.15, -0.1) is 0 Å².